The molecule has 2 aliphatic heterocycles. The van der Waals surface area contributed by atoms with Gasteiger partial charge in [0.15, 0.2) is 0 Å². The quantitative estimate of drug-likeness (QED) is 0.758. The van der Waals surface area contributed by atoms with Gasteiger partial charge in [0.25, 0.3) is 0 Å². The normalized spacial score (nSPS) is 40.6. The summed E-state index contributed by atoms with van der Waals surface area (Å²) in [4.78, 5) is 2.58. The molecule has 0 radical (unpaired) electrons. The average molecular weight is 283 g/mol. The van der Waals surface area contributed by atoms with Crippen LogP contribution in [0.5, 0.6) is 0 Å². The molecule has 0 aromatic heterocycles. The van der Waals surface area contributed by atoms with Crippen molar-refractivity contribution in [3.63, 3.8) is 0 Å². The van der Waals surface area contributed by atoms with Crippen molar-refractivity contribution in [3.8, 4) is 0 Å². The zero-order valence-electron chi connectivity index (χ0n) is 12.5. The first-order valence-corrected chi connectivity index (χ1v) is 8.16. The summed E-state index contributed by atoms with van der Waals surface area (Å²) in [5.74, 6) is 0.824. The van der Waals surface area contributed by atoms with Gasteiger partial charge in [0.1, 0.15) is 5.60 Å². The van der Waals surface area contributed by atoms with Gasteiger partial charge in [-0.15, -0.1) is 0 Å². The molecule has 116 valence electrons. The monoisotopic (exact) mass is 283 g/mol. The summed E-state index contributed by atoms with van der Waals surface area (Å²) in [6, 6.07) is 0.446. The van der Waals surface area contributed by atoms with Gasteiger partial charge >= 0.3 is 0 Å². The molecule has 1 atom stereocenters. The highest BCUT2D eigenvalue weighted by Gasteiger charge is 2.38. The van der Waals surface area contributed by atoms with Crippen LogP contribution in [0, 0.1) is 5.92 Å². The predicted molar refractivity (Wildman–Crippen MR) is 78.7 cm³/mol. The molecule has 2 heterocycles. The molecule has 1 saturated carbocycles. The Morgan fingerprint density at radius 3 is 2.90 bits per heavy atom. The van der Waals surface area contributed by atoms with Gasteiger partial charge in [-0.3, -0.25) is 4.90 Å². The summed E-state index contributed by atoms with van der Waals surface area (Å²) in [6.45, 7) is 7.48. The van der Waals surface area contributed by atoms with Gasteiger partial charge in [0.05, 0.1) is 19.8 Å². The first-order chi connectivity index (χ1) is 9.76. The van der Waals surface area contributed by atoms with E-state index in [0.29, 0.717) is 6.04 Å². The molecule has 0 aromatic carbocycles. The molecule has 3 aliphatic rings. The van der Waals surface area contributed by atoms with E-state index < -0.39 is 0 Å². The second-order valence-electron chi connectivity index (χ2n) is 6.78. The summed E-state index contributed by atoms with van der Waals surface area (Å²) in [6.07, 6.45) is 4.98. The van der Waals surface area contributed by atoms with Crippen LogP contribution >= 0.6 is 0 Å². The smallest absolute Gasteiger partial charge is 0.116 e. The highest BCUT2D eigenvalue weighted by Crippen LogP contribution is 2.26. The number of morpholine rings is 1. The van der Waals surface area contributed by atoms with Crippen LogP contribution in [-0.2, 0) is 9.47 Å². The van der Waals surface area contributed by atoms with Crippen molar-refractivity contribution >= 4 is 0 Å². The van der Waals surface area contributed by atoms with Crippen LogP contribution in [-0.4, -0.2) is 69.1 Å². The maximum Gasteiger partial charge on any atom is 0.116 e. The minimum Gasteiger partial charge on any atom is -0.377 e. The van der Waals surface area contributed by atoms with E-state index in [1.807, 2.05) is 0 Å². The van der Waals surface area contributed by atoms with Crippen molar-refractivity contribution in [2.45, 2.75) is 37.3 Å². The lowest BCUT2D eigenvalue weighted by Crippen LogP contribution is -2.58. The molecule has 0 bridgehead atoms. The number of nitrogens with zero attached hydrogens (tertiary/aromatic N) is 1. The molecular formula is C15H29N3O2. The van der Waals surface area contributed by atoms with Crippen molar-refractivity contribution < 1.29 is 9.47 Å². The van der Waals surface area contributed by atoms with Crippen molar-refractivity contribution in [3.05, 3.63) is 0 Å². The lowest BCUT2D eigenvalue weighted by molar-refractivity contribution is -0.136. The van der Waals surface area contributed by atoms with Gasteiger partial charge in [0.2, 0.25) is 0 Å². The van der Waals surface area contributed by atoms with Gasteiger partial charge < -0.3 is 20.5 Å². The van der Waals surface area contributed by atoms with E-state index in [2.05, 4.69) is 10.2 Å². The van der Waals surface area contributed by atoms with Gasteiger partial charge in [-0.1, -0.05) is 0 Å². The molecule has 3 rings (SSSR count). The SMILES string of the molecule is NC1CCC(CN2CCO[C@@]3(CNCCOC3)C2)CC1. The van der Waals surface area contributed by atoms with E-state index in [1.165, 1.54) is 32.2 Å². The number of hydrogen-bond donors (Lipinski definition) is 2. The molecule has 0 amide bonds. The maximum atomic E-state index is 6.07. The summed E-state index contributed by atoms with van der Waals surface area (Å²) < 4.78 is 11.8. The molecule has 3 N–H and O–H groups in total. The maximum absolute atomic E-state index is 6.07. The van der Waals surface area contributed by atoms with Crippen LogP contribution in [0.15, 0.2) is 0 Å². The predicted octanol–water partition coefficient (Wildman–Crippen LogP) is 0.195. The molecule has 3 fully saturated rings. The van der Waals surface area contributed by atoms with Crippen LogP contribution in [0.4, 0.5) is 0 Å². The lowest BCUT2D eigenvalue weighted by Gasteiger charge is -2.43. The Kier molecular flexibility index (Phi) is 4.94. The molecule has 5 nitrogen and oxygen atoms in total. The van der Waals surface area contributed by atoms with E-state index in [1.54, 1.807) is 0 Å². The van der Waals surface area contributed by atoms with Crippen LogP contribution < -0.4 is 11.1 Å². The second-order valence-corrected chi connectivity index (χ2v) is 6.78. The minimum absolute atomic E-state index is 0.125. The largest absolute Gasteiger partial charge is 0.377 e. The third kappa shape index (κ3) is 3.71. The van der Waals surface area contributed by atoms with Gasteiger partial charge in [-0.2, -0.15) is 0 Å². The fraction of sp³-hybridized carbons (Fsp3) is 1.00. The Morgan fingerprint density at radius 2 is 2.05 bits per heavy atom. The number of ether oxygens (including phenoxy) is 2. The van der Waals surface area contributed by atoms with Crippen molar-refractivity contribution in [1.82, 2.24) is 10.2 Å². The third-order valence-electron chi connectivity index (χ3n) is 4.97. The molecule has 20 heavy (non-hydrogen) atoms. The van der Waals surface area contributed by atoms with Crippen LogP contribution in [0.1, 0.15) is 25.7 Å². The molecule has 1 spiro atoms. The molecular weight excluding hydrogens is 254 g/mol. The summed E-state index contributed by atoms with van der Waals surface area (Å²) in [7, 11) is 0. The molecule has 0 aromatic rings. The zero-order chi connectivity index (χ0) is 13.8. The van der Waals surface area contributed by atoms with Crippen molar-refractivity contribution in [2.75, 3.05) is 52.5 Å². The van der Waals surface area contributed by atoms with Crippen molar-refractivity contribution in [2.24, 2.45) is 11.7 Å². The Morgan fingerprint density at radius 1 is 1.20 bits per heavy atom. The van der Waals surface area contributed by atoms with E-state index in [4.69, 9.17) is 15.2 Å². The van der Waals surface area contributed by atoms with E-state index in [0.717, 1.165) is 51.9 Å². The molecule has 1 aliphatic carbocycles. The van der Waals surface area contributed by atoms with E-state index in [-0.39, 0.29) is 5.60 Å². The number of nitrogens with one attached hydrogen (secondary N) is 1. The van der Waals surface area contributed by atoms with E-state index >= 15 is 0 Å². The Labute approximate surface area is 122 Å². The summed E-state index contributed by atoms with van der Waals surface area (Å²) >= 11 is 0. The lowest BCUT2D eigenvalue weighted by atomic mass is 9.86. The molecule has 5 heteroatoms. The Hall–Kier alpha value is -0.200. The topological polar surface area (TPSA) is 59.8 Å². The minimum atomic E-state index is -0.125. The Balaban J connectivity index is 1.52. The highest BCUT2D eigenvalue weighted by molar-refractivity contribution is 4.92. The zero-order valence-corrected chi connectivity index (χ0v) is 12.5. The second kappa shape index (κ2) is 6.71. The standard InChI is InChI=1S/C15H29N3O2/c16-14-3-1-13(2-4-14)9-18-6-8-20-15(11-18)10-17-5-7-19-12-15/h13-14,17H,1-12,16H2/t13?,14?,15-/m0/s1. The van der Waals surface area contributed by atoms with Gasteiger partial charge in [-0.25, -0.2) is 0 Å². The summed E-state index contributed by atoms with van der Waals surface area (Å²) in [5, 5.41) is 3.44. The molecule has 0 unspecified atom stereocenters. The first-order valence-electron chi connectivity index (χ1n) is 8.16. The number of rotatable bonds is 2. The van der Waals surface area contributed by atoms with E-state index in [9.17, 15) is 0 Å². The van der Waals surface area contributed by atoms with Crippen molar-refractivity contribution in [1.29, 1.82) is 0 Å². The highest BCUT2D eigenvalue weighted by atomic mass is 16.5. The number of hydrogen-bond acceptors (Lipinski definition) is 5. The van der Waals surface area contributed by atoms with Gasteiger partial charge in [-0.05, 0) is 31.6 Å². The van der Waals surface area contributed by atoms with Crippen LogP contribution in [0.25, 0.3) is 0 Å². The third-order valence-corrected chi connectivity index (χ3v) is 4.97. The fourth-order valence-corrected chi connectivity index (χ4v) is 3.78. The number of nitrogens with two attached hydrogens (primary N) is 1. The average Bonchev–Trinajstić information content (AvgIpc) is 2.67. The van der Waals surface area contributed by atoms with Gasteiger partial charge in [0, 0.05) is 38.8 Å². The Bertz CT molecular complexity index is 297. The first kappa shape index (κ1) is 14.7. The van der Waals surface area contributed by atoms with Crippen LogP contribution in [0.3, 0.4) is 0 Å². The molecule has 2 saturated heterocycles. The fourth-order valence-electron chi connectivity index (χ4n) is 3.78. The van der Waals surface area contributed by atoms with Crippen LogP contribution in [0.2, 0.25) is 0 Å². The summed E-state index contributed by atoms with van der Waals surface area (Å²) in [5.41, 5.74) is 5.88.